The van der Waals surface area contributed by atoms with Gasteiger partial charge in [0.1, 0.15) is 11.8 Å². The summed E-state index contributed by atoms with van der Waals surface area (Å²) in [5, 5.41) is 5.56. The molecule has 2 N–H and O–H groups in total. The van der Waals surface area contributed by atoms with Crippen molar-refractivity contribution in [2.24, 2.45) is 0 Å². The fourth-order valence-electron chi connectivity index (χ4n) is 2.99. The Morgan fingerprint density at radius 1 is 1.10 bits per heavy atom. The molecule has 0 fully saturated rings. The van der Waals surface area contributed by atoms with Crippen LogP contribution in [-0.4, -0.2) is 45.7 Å². The molecule has 0 spiro atoms. The van der Waals surface area contributed by atoms with Crippen molar-refractivity contribution in [1.82, 2.24) is 5.32 Å². The van der Waals surface area contributed by atoms with E-state index in [9.17, 15) is 18.0 Å². The molecule has 168 valence electrons. The van der Waals surface area contributed by atoms with Crippen LogP contribution in [0.3, 0.4) is 0 Å². The van der Waals surface area contributed by atoms with Crippen LogP contribution in [-0.2, 0) is 14.8 Å². The highest BCUT2D eigenvalue weighted by molar-refractivity contribution is 7.92. The van der Waals surface area contributed by atoms with Crippen molar-refractivity contribution in [3.05, 3.63) is 54.1 Å². The van der Waals surface area contributed by atoms with E-state index in [1.165, 1.54) is 14.0 Å². The van der Waals surface area contributed by atoms with Crippen molar-refractivity contribution in [3.8, 4) is 5.75 Å². The van der Waals surface area contributed by atoms with Crippen LogP contribution < -0.4 is 19.7 Å². The summed E-state index contributed by atoms with van der Waals surface area (Å²) in [6.07, 6.45) is 1.80. The highest BCUT2D eigenvalue weighted by Crippen LogP contribution is 2.26. The van der Waals surface area contributed by atoms with Crippen LogP contribution in [0.25, 0.3) is 0 Å². The maximum absolute atomic E-state index is 13.0. The molecule has 0 aliphatic carbocycles. The molecule has 9 heteroatoms. The average Bonchev–Trinajstić information content (AvgIpc) is 2.73. The SMILES string of the molecule is CC[C@H](C)NC(=O)c1ccccc1NC(=O)[C@H](C)N(c1cccc(OC)c1)S(C)(=O)=O. The van der Waals surface area contributed by atoms with Crippen molar-refractivity contribution in [3.63, 3.8) is 0 Å². The minimum absolute atomic E-state index is 0.0241. The molecule has 0 aromatic heterocycles. The number of nitrogens with zero attached hydrogens (tertiary/aromatic N) is 1. The first-order chi connectivity index (χ1) is 14.6. The second-order valence-electron chi connectivity index (χ2n) is 7.25. The average molecular weight is 448 g/mol. The number of hydrogen-bond acceptors (Lipinski definition) is 5. The van der Waals surface area contributed by atoms with E-state index >= 15 is 0 Å². The number of para-hydroxylation sites is 1. The first-order valence-electron chi connectivity index (χ1n) is 9.92. The van der Waals surface area contributed by atoms with E-state index in [1.54, 1.807) is 48.5 Å². The zero-order valence-corrected chi connectivity index (χ0v) is 19.2. The van der Waals surface area contributed by atoms with Gasteiger partial charge in [0.2, 0.25) is 15.9 Å². The molecule has 0 saturated heterocycles. The summed E-state index contributed by atoms with van der Waals surface area (Å²) in [6, 6.07) is 11.9. The van der Waals surface area contributed by atoms with Gasteiger partial charge in [0.05, 0.1) is 30.3 Å². The van der Waals surface area contributed by atoms with Crippen molar-refractivity contribution in [2.75, 3.05) is 23.0 Å². The van der Waals surface area contributed by atoms with Gasteiger partial charge in [-0.2, -0.15) is 0 Å². The molecule has 0 radical (unpaired) electrons. The van der Waals surface area contributed by atoms with E-state index in [0.29, 0.717) is 22.7 Å². The highest BCUT2D eigenvalue weighted by Gasteiger charge is 2.30. The number of benzene rings is 2. The van der Waals surface area contributed by atoms with Crippen LogP contribution in [0.2, 0.25) is 0 Å². The molecule has 0 unspecified atom stereocenters. The van der Waals surface area contributed by atoms with Crippen LogP contribution >= 0.6 is 0 Å². The largest absolute Gasteiger partial charge is 0.497 e. The molecule has 0 saturated carbocycles. The lowest BCUT2D eigenvalue weighted by Crippen LogP contribution is -2.45. The van der Waals surface area contributed by atoms with Gasteiger partial charge in [-0.25, -0.2) is 8.42 Å². The molecule has 2 aromatic rings. The Balaban J connectivity index is 2.32. The number of methoxy groups -OCH3 is 1. The number of carbonyl (C=O) groups excluding carboxylic acids is 2. The predicted molar refractivity (Wildman–Crippen MR) is 122 cm³/mol. The normalized spacial score (nSPS) is 13.1. The number of anilines is 2. The Morgan fingerprint density at radius 3 is 2.39 bits per heavy atom. The molecule has 0 bridgehead atoms. The summed E-state index contributed by atoms with van der Waals surface area (Å²) < 4.78 is 31.2. The molecule has 8 nitrogen and oxygen atoms in total. The lowest BCUT2D eigenvalue weighted by molar-refractivity contribution is -0.116. The number of rotatable bonds is 9. The van der Waals surface area contributed by atoms with Crippen molar-refractivity contribution < 1.29 is 22.7 Å². The minimum atomic E-state index is -3.79. The van der Waals surface area contributed by atoms with Gasteiger partial charge in [0, 0.05) is 12.1 Å². The summed E-state index contributed by atoms with van der Waals surface area (Å²) in [5.41, 5.74) is 0.905. The van der Waals surface area contributed by atoms with Crippen LogP contribution in [0.4, 0.5) is 11.4 Å². The molecule has 2 aromatic carbocycles. The summed E-state index contributed by atoms with van der Waals surface area (Å²) in [7, 11) is -2.31. The van der Waals surface area contributed by atoms with Crippen LogP contribution in [0.1, 0.15) is 37.6 Å². The van der Waals surface area contributed by atoms with E-state index < -0.39 is 22.0 Å². The fraction of sp³-hybridized carbons (Fsp3) is 0.364. The first-order valence-corrected chi connectivity index (χ1v) is 11.8. The molecule has 0 aliphatic heterocycles. The van der Waals surface area contributed by atoms with Gasteiger partial charge < -0.3 is 15.4 Å². The Kier molecular flexibility index (Phi) is 8.04. The number of carbonyl (C=O) groups is 2. The quantitative estimate of drug-likeness (QED) is 0.615. The predicted octanol–water partition coefficient (Wildman–Crippen LogP) is 3.02. The van der Waals surface area contributed by atoms with Gasteiger partial charge in [-0.1, -0.05) is 25.1 Å². The van der Waals surface area contributed by atoms with Crippen molar-refractivity contribution in [2.45, 2.75) is 39.3 Å². The number of sulfonamides is 1. The molecule has 2 atom stereocenters. The van der Waals surface area contributed by atoms with Gasteiger partial charge >= 0.3 is 0 Å². The summed E-state index contributed by atoms with van der Waals surface area (Å²) in [5.74, 6) is -0.423. The number of nitrogens with one attached hydrogen (secondary N) is 2. The summed E-state index contributed by atoms with van der Waals surface area (Å²) in [6.45, 7) is 5.33. The first kappa shape index (κ1) is 24.2. The Bertz CT molecular complexity index is 1040. The third-order valence-corrected chi connectivity index (χ3v) is 6.06. The summed E-state index contributed by atoms with van der Waals surface area (Å²) in [4.78, 5) is 25.6. The molecule has 2 amide bonds. The van der Waals surface area contributed by atoms with Gasteiger partial charge in [0.15, 0.2) is 0 Å². The van der Waals surface area contributed by atoms with Gasteiger partial charge in [-0.3, -0.25) is 13.9 Å². The van der Waals surface area contributed by atoms with Crippen LogP contribution in [0.5, 0.6) is 5.75 Å². The summed E-state index contributed by atoms with van der Waals surface area (Å²) >= 11 is 0. The monoisotopic (exact) mass is 447 g/mol. The smallest absolute Gasteiger partial charge is 0.253 e. The lowest BCUT2D eigenvalue weighted by Gasteiger charge is -2.28. The standard InChI is InChI=1S/C22H29N3O5S/c1-6-15(2)23-22(27)19-12-7-8-13-20(19)24-21(26)16(3)25(31(5,28)29)17-10-9-11-18(14-17)30-4/h7-16H,6H2,1-5H3,(H,23,27)(H,24,26)/t15-,16-/m0/s1. The van der Waals surface area contributed by atoms with Gasteiger partial charge in [0.25, 0.3) is 5.91 Å². The fourth-order valence-corrected chi connectivity index (χ4v) is 4.15. The van der Waals surface area contributed by atoms with E-state index in [-0.39, 0.29) is 11.9 Å². The third kappa shape index (κ3) is 6.21. The second kappa shape index (κ2) is 10.3. The lowest BCUT2D eigenvalue weighted by atomic mass is 10.1. The van der Waals surface area contributed by atoms with E-state index in [2.05, 4.69) is 10.6 Å². The van der Waals surface area contributed by atoms with Crippen molar-refractivity contribution >= 4 is 33.2 Å². The number of amides is 2. The second-order valence-corrected chi connectivity index (χ2v) is 9.11. The van der Waals surface area contributed by atoms with Gasteiger partial charge in [-0.05, 0) is 44.5 Å². The Morgan fingerprint density at radius 2 is 1.77 bits per heavy atom. The Hall–Kier alpha value is -3.07. The maximum atomic E-state index is 13.0. The molecular weight excluding hydrogens is 418 g/mol. The maximum Gasteiger partial charge on any atom is 0.253 e. The third-order valence-electron chi connectivity index (χ3n) is 4.82. The molecule has 0 heterocycles. The zero-order valence-electron chi connectivity index (χ0n) is 18.4. The van der Waals surface area contributed by atoms with Crippen LogP contribution in [0, 0.1) is 0 Å². The number of ether oxygens (including phenoxy) is 1. The minimum Gasteiger partial charge on any atom is -0.497 e. The molecular formula is C22H29N3O5S. The Labute approximate surface area is 183 Å². The molecule has 2 rings (SSSR count). The highest BCUT2D eigenvalue weighted by atomic mass is 32.2. The van der Waals surface area contributed by atoms with E-state index in [0.717, 1.165) is 17.0 Å². The molecule has 31 heavy (non-hydrogen) atoms. The van der Waals surface area contributed by atoms with E-state index in [1.807, 2.05) is 13.8 Å². The molecule has 0 aliphatic rings. The van der Waals surface area contributed by atoms with Crippen LogP contribution in [0.15, 0.2) is 48.5 Å². The van der Waals surface area contributed by atoms with Crippen molar-refractivity contribution in [1.29, 1.82) is 0 Å². The number of hydrogen-bond donors (Lipinski definition) is 2. The van der Waals surface area contributed by atoms with E-state index in [4.69, 9.17) is 4.74 Å². The topological polar surface area (TPSA) is 105 Å². The zero-order chi connectivity index (χ0) is 23.2. The van der Waals surface area contributed by atoms with Gasteiger partial charge in [-0.15, -0.1) is 0 Å².